The third-order valence-corrected chi connectivity index (χ3v) is 6.39. The Balaban J connectivity index is 1.57. The Hall–Kier alpha value is -1.41. The van der Waals surface area contributed by atoms with Crippen molar-refractivity contribution in [1.29, 1.82) is 0 Å². The summed E-state index contributed by atoms with van der Waals surface area (Å²) in [6.07, 6.45) is 5.30. The first-order chi connectivity index (χ1) is 10.9. The Kier molecular flexibility index (Phi) is 4.46. The number of aromatic nitrogens is 1. The van der Waals surface area contributed by atoms with Gasteiger partial charge in [-0.05, 0) is 38.0 Å². The normalized spacial score (nSPS) is 24.3. The molecule has 0 saturated carbocycles. The second kappa shape index (κ2) is 6.24. The lowest BCUT2D eigenvalue weighted by molar-refractivity contribution is 0.0746. The molecule has 0 N–H and O–H groups in total. The fraction of sp³-hybridized carbons (Fsp3) is 0.733. The molecule has 1 aromatic rings. The second-order valence-corrected chi connectivity index (χ2v) is 8.55. The minimum absolute atomic E-state index is 0.0870. The predicted molar refractivity (Wildman–Crippen MR) is 84.4 cm³/mol. The maximum Gasteiger partial charge on any atom is 0.291 e. The van der Waals surface area contributed by atoms with Crippen LogP contribution in [0.3, 0.4) is 0 Å². The van der Waals surface area contributed by atoms with Crippen LogP contribution in [-0.2, 0) is 10.0 Å². The average Bonchev–Trinajstić information content (AvgIpc) is 3.15. The topological polar surface area (TPSA) is 83.7 Å². The molecule has 0 spiro atoms. The van der Waals surface area contributed by atoms with Gasteiger partial charge in [-0.3, -0.25) is 4.79 Å². The fourth-order valence-electron chi connectivity index (χ4n) is 3.69. The number of aryl methyl sites for hydroxylation is 1. The number of likely N-dealkylation sites (tertiary alicyclic amines) is 1. The van der Waals surface area contributed by atoms with Gasteiger partial charge in [0, 0.05) is 26.2 Å². The van der Waals surface area contributed by atoms with Crippen molar-refractivity contribution in [3.05, 3.63) is 17.8 Å². The third-order valence-electron chi connectivity index (χ3n) is 5.09. The van der Waals surface area contributed by atoms with E-state index in [9.17, 15) is 13.2 Å². The quantitative estimate of drug-likeness (QED) is 0.822. The molecule has 1 unspecified atom stereocenters. The molecule has 2 aliphatic heterocycles. The molecule has 7 nitrogen and oxygen atoms in total. The lowest BCUT2D eigenvalue weighted by atomic mass is 9.84. The van der Waals surface area contributed by atoms with E-state index in [4.69, 9.17) is 4.42 Å². The van der Waals surface area contributed by atoms with Crippen LogP contribution < -0.4 is 0 Å². The van der Waals surface area contributed by atoms with Crippen LogP contribution in [-0.4, -0.2) is 60.9 Å². The molecule has 3 heterocycles. The van der Waals surface area contributed by atoms with Crippen LogP contribution >= 0.6 is 0 Å². The molecule has 2 saturated heterocycles. The van der Waals surface area contributed by atoms with Crippen molar-refractivity contribution in [1.82, 2.24) is 14.2 Å². The van der Waals surface area contributed by atoms with Crippen LogP contribution in [0.1, 0.15) is 35.5 Å². The van der Waals surface area contributed by atoms with Crippen molar-refractivity contribution in [2.45, 2.75) is 26.2 Å². The smallest absolute Gasteiger partial charge is 0.291 e. The third kappa shape index (κ3) is 3.42. The summed E-state index contributed by atoms with van der Waals surface area (Å²) in [6.45, 7) is 4.41. The number of carbonyl (C=O) groups excluding carboxylic acids is 1. The lowest BCUT2D eigenvalue weighted by Crippen LogP contribution is -2.40. The summed E-state index contributed by atoms with van der Waals surface area (Å²) in [4.78, 5) is 18.3. The second-order valence-electron chi connectivity index (χ2n) is 6.57. The first-order valence-corrected chi connectivity index (χ1v) is 9.85. The molecule has 2 fully saturated rings. The zero-order chi connectivity index (χ0) is 16.6. The number of oxazole rings is 1. The van der Waals surface area contributed by atoms with E-state index in [1.54, 1.807) is 11.2 Å². The Morgan fingerprint density at radius 1 is 1.22 bits per heavy atom. The van der Waals surface area contributed by atoms with Gasteiger partial charge in [0.2, 0.25) is 15.8 Å². The number of hydrogen-bond acceptors (Lipinski definition) is 5. The lowest BCUT2D eigenvalue weighted by Gasteiger charge is -2.33. The Labute approximate surface area is 136 Å². The van der Waals surface area contributed by atoms with E-state index in [-0.39, 0.29) is 5.91 Å². The van der Waals surface area contributed by atoms with Gasteiger partial charge < -0.3 is 9.32 Å². The molecule has 3 rings (SSSR count). The molecule has 0 bridgehead atoms. The standard InChI is InChI=1S/C15H23N3O4S/c1-11-14(22-10-16-11)15(19)17-6-3-13(9-17)12-4-7-18(8-5-12)23(2,20)21/h10,12-13H,3-9H2,1-2H3. The monoisotopic (exact) mass is 341 g/mol. The molecule has 0 radical (unpaired) electrons. The van der Waals surface area contributed by atoms with Crippen molar-refractivity contribution in [3.8, 4) is 0 Å². The van der Waals surface area contributed by atoms with E-state index in [1.165, 1.54) is 12.6 Å². The maximum absolute atomic E-state index is 12.4. The molecule has 2 aliphatic rings. The summed E-state index contributed by atoms with van der Waals surface area (Å²) >= 11 is 0. The number of nitrogens with zero attached hydrogens (tertiary/aromatic N) is 3. The zero-order valence-electron chi connectivity index (χ0n) is 13.6. The van der Waals surface area contributed by atoms with Crippen LogP contribution in [0.5, 0.6) is 0 Å². The summed E-state index contributed by atoms with van der Waals surface area (Å²) in [5.74, 6) is 1.18. The summed E-state index contributed by atoms with van der Waals surface area (Å²) in [5.41, 5.74) is 0.625. The van der Waals surface area contributed by atoms with E-state index < -0.39 is 10.0 Å². The molecule has 23 heavy (non-hydrogen) atoms. The van der Waals surface area contributed by atoms with E-state index in [2.05, 4.69) is 4.98 Å². The van der Waals surface area contributed by atoms with Crippen LogP contribution in [0.4, 0.5) is 0 Å². The van der Waals surface area contributed by atoms with Crippen LogP contribution in [0, 0.1) is 18.8 Å². The highest BCUT2D eigenvalue weighted by molar-refractivity contribution is 7.88. The number of sulfonamides is 1. The number of carbonyl (C=O) groups is 1. The van der Waals surface area contributed by atoms with Gasteiger partial charge in [0.05, 0.1) is 11.9 Å². The molecule has 1 atom stereocenters. The van der Waals surface area contributed by atoms with Gasteiger partial charge >= 0.3 is 0 Å². The van der Waals surface area contributed by atoms with E-state index >= 15 is 0 Å². The minimum atomic E-state index is -3.08. The van der Waals surface area contributed by atoms with Crippen LogP contribution in [0.2, 0.25) is 0 Å². The number of rotatable bonds is 3. The van der Waals surface area contributed by atoms with E-state index in [0.717, 1.165) is 32.4 Å². The molecule has 128 valence electrons. The van der Waals surface area contributed by atoms with E-state index in [1.807, 2.05) is 4.90 Å². The number of hydrogen-bond donors (Lipinski definition) is 0. The summed E-state index contributed by atoms with van der Waals surface area (Å²) in [5, 5.41) is 0. The van der Waals surface area contributed by atoms with Crippen molar-refractivity contribution in [2.24, 2.45) is 11.8 Å². The predicted octanol–water partition coefficient (Wildman–Crippen LogP) is 1.12. The number of piperidine rings is 1. The van der Waals surface area contributed by atoms with Gasteiger partial charge in [0.1, 0.15) is 0 Å². The van der Waals surface area contributed by atoms with Crippen molar-refractivity contribution in [2.75, 3.05) is 32.4 Å². The maximum atomic E-state index is 12.4. The summed E-state index contributed by atoms with van der Waals surface area (Å²) in [7, 11) is -3.08. The SMILES string of the molecule is Cc1ncoc1C(=O)N1CCC(C2CCN(S(C)(=O)=O)CC2)C1. The average molecular weight is 341 g/mol. The molecular formula is C15H23N3O4S. The van der Waals surface area contributed by atoms with Gasteiger partial charge in [0.15, 0.2) is 6.39 Å². The van der Waals surface area contributed by atoms with Crippen molar-refractivity contribution in [3.63, 3.8) is 0 Å². The summed E-state index contributed by atoms with van der Waals surface area (Å²) in [6, 6.07) is 0. The molecule has 8 heteroatoms. The van der Waals surface area contributed by atoms with Crippen molar-refractivity contribution < 1.29 is 17.6 Å². The number of amides is 1. The summed E-state index contributed by atoms with van der Waals surface area (Å²) < 4.78 is 29.9. The Morgan fingerprint density at radius 3 is 2.43 bits per heavy atom. The van der Waals surface area contributed by atoms with Crippen molar-refractivity contribution >= 4 is 15.9 Å². The Bertz CT molecular complexity index is 677. The first kappa shape index (κ1) is 16.4. The van der Waals surface area contributed by atoms with Crippen LogP contribution in [0.15, 0.2) is 10.8 Å². The molecule has 0 aliphatic carbocycles. The first-order valence-electron chi connectivity index (χ1n) is 8.00. The largest absolute Gasteiger partial charge is 0.438 e. The van der Waals surface area contributed by atoms with Gasteiger partial charge in [-0.2, -0.15) is 0 Å². The highest BCUT2D eigenvalue weighted by atomic mass is 32.2. The van der Waals surface area contributed by atoms with Crippen LogP contribution in [0.25, 0.3) is 0 Å². The highest BCUT2D eigenvalue weighted by Crippen LogP contribution is 2.33. The molecule has 0 aromatic carbocycles. The van der Waals surface area contributed by atoms with E-state index in [0.29, 0.717) is 36.4 Å². The highest BCUT2D eigenvalue weighted by Gasteiger charge is 2.36. The van der Waals surface area contributed by atoms with Gasteiger partial charge in [-0.25, -0.2) is 17.7 Å². The zero-order valence-corrected chi connectivity index (χ0v) is 14.4. The Morgan fingerprint density at radius 2 is 1.87 bits per heavy atom. The van der Waals surface area contributed by atoms with Gasteiger partial charge in [-0.1, -0.05) is 0 Å². The molecule has 1 aromatic heterocycles. The van der Waals surface area contributed by atoms with Gasteiger partial charge in [-0.15, -0.1) is 0 Å². The molecule has 1 amide bonds. The molecular weight excluding hydrogens is 318 g/mol. The van der Waals surface area contributed by atoms with Gasteiger partial charge in [0.25, 0.3) is 5.91 Å². The fourth-order valence-corrected chi connectivity index (χ4v) is 4.56. The minimum Gasteiger partial charge on any atom is -0.438 e.